The molecule has 0 saturated carbocycles. The zero-order valence-corrected chi connectivity index (χ0v) is 17.4. The number of thiazole rings is 1. The fourth-order valence-electron chi connectivity index (χ4n) is 3.29. The third-order valence-corrected chi connectivity index (χ3v) is 6.69. The molecule has 0 spiro atoms. The number of benzene rings is 1. The Bertz CT molecular complexity index is 1140. The summed E-state index contributed by atoms with van der Waals surface area (Å²) in [5.74, 6) is 1.19. The molecule has 7 nitrogen and oxygen atoms in total. The van der Waals surface area contributed by atoms with Gasteiger partial charge < -0.3 is 14.4 Å². The standard InChI is InChI=1S/C21H17N3O4S2/c25-19(6-4-13-3-5-15-16(10-13)28-12-27-15)24-8-7-14-18(11-24)30-21(22-14)23-20(26)17-2-1-9-29-17/h1-6,9-10H,7-8,11-12H2,(H,22,23,26)/b6-4+. The average Bonchev–Trinajstić information content (AvgIpc) is 3.51. The Morgan fingerprint density at radius 3 is 2.97 bits per heavy atom. The summed E-state index contributed by atoms with van der Waals surface area (Å²) >= 11 is 2.81. The monoisotopic (exact) mass is 439 g/mol. The Hall–Kier alpha value is -3.17. The van der Waals surface area contributed by atoms with Gasteiger partial charge in [0.1, 0.15) is 0 Å². The van der Waals surface area contributed by atoms with Gasteiger partial charge in [0.25, 0.3) is 5.91 Å². The number of nitrogens with one attached hydrogen (secondary N) is 1. The van der Waals surface area contributed by atoms with Gasteiger partial charge in [-0.15, -0.1) is 11.3 Å². The SMILES string of the molecule is O=C(Nc1nc2c(s1)CN(C(=O)/C=C/c1ccc3c(c1)OCO3)CC2)c1cccs1. The van der Waals surface area contributed by atoms with Crippen molar-refractivity contribution in [3.63, 3.8) is 0 Å². The van der Waals surface area contributed by atoms with E-state index in [2.05, 4.69) is 10.3 Å². The van der Waals surface area contributed by atoms with Crippen LogP contribution in [-0.4, -0.2) is 35.0 Å². The first kappa shape index (κ1) is 18.8. The van der Waals surface area contributed by atoms with Gasteiger partial charge in [-0.1, -0.05) is 23.5 Å². The predicted molar refractivity (Wildman–Crippen MR) is 115 cm³/mol. The van der Waals surface area contributed by atoms with Gasteiger partial charge in [-0.25, -0.2) is 4.98 Å². The molecule has 5 rings (SSSR count). The van der Waals surface area contributed by atoms with Gasteiger partial charge in [-0.3, -0.25) is 14.9 Å². The van der Waals surface area contributed by atoms with Crippen molar-refractivity contribution in [1.29, 1.82) is 0 Å². The number of thiophene rings is 1. The Morgan fingerprint density at radius 1 is 1.20 bits per heavy atom. The quantitative estimate of drug-likeness (QED) is 0.626. The third-order valence-electron chi connectivity index (χ3n) is 4.82. The molecule has 2 aliphatic heterocycles. The van der Waals surface area contributed by atoms with Crippen LogP contribution in [-0.2, 0) is 17.8 Å². The van der Waals surface area contributed by atoms with Crippen LogP contribution in [0.25, 0.3) is 6.08 Å². The molecule has 9 heteroatoms. The van der Waals surface area contributed by atoms with Crippen molar-refractivity contribution in [2.45, 2.75) is 13.0 Å². The minimum Gasteiger partial charge on any atom is -0.454 e. The van der Waals surface area contributed by atoms with Crippen LogP contribution >= 0.6 is 22.7 Å². The molecule has 0 bridgehead atoms. The van der Waals surface area contributed by atoms with Crippen molar-refractivity contribution >= 4 is 45.7 Å². The Labute approximate surface area is 180 Å². The van der Waals surface area contributed by atoms with Crippen molar-refractivity contribution in [2.75, 3.05) is 18.7 Å². The molecule has 0 unspecified atom stereocenters. The van der Waals surface area contributed by atoms with Crippen molar-refractivity contribution in [1.82, 2.24) is 9.88 Å². The fourth-order valence-corrected chi connectivity index (χ4v) is 4.93. The first-order valence-electron chi connectivity index (χ1n) is 9.36. The second kappa shape index (κ2) is 7.92. The number of ether oxygens (including phenoxy) is 2. The fraction of sp³-hybridized carbons (Fsp3) is 0.190. The van der Waals surface area contributed by atoms with Gasteiger partial charge in [0.05, 0.1) is 17.1 Å². The highest BCUT2D eigenvalue weighted by Crippen LogP contribution is 2.33. The maximum Gasteiger partial charge on any atom is 0.267 e. The number of nitrogens with zero attached hydrogens (tertiary/aromatic N) is 2. The van der Waals surface area contributed by atoms with E-state index in [1.165, 1.54) is 22.7 Å². The molecule has 0 atom stereocenters. The molecule has 0 aliphatic carbocycles. The number of anilines is 1. The normalized spacial score (nSPS) is 14.7. The lowest BCUT2D eigenvalue weighted by Gasteiger charge is -2.24. The van der Waals surface area contributed by atoms with Crippen molar-refractivity contribution in [3.05, 3.63) is 62.8 Å². The molecule has 152 valence electrons. The molecule has 2 aliphatic rings. The lowest BCUT2D eigenvalue weighted by molar-refractivity contribution is -0.126. The second-order valence-corrected chi connectivity index (χ2v) is 8.81. The number of aromatic nitrogens is 1. The third kappa shape index (κ3) is 3.81. The first-order valence-corrected chi connectivity index (χ1v) is 11.1. The molecular formula is C21H17N3O4S2. The summed E-state index contributed by atoms with van der Waals surface area (Å²) in [5.41, 5.74) is 1.83. The van der Waals surface area contributed by atoms with Crippen LogP contribution in [0.15, 0.2) is 41.8 Å². The van der Waals surface area contributed by atoms with Crippen molar-refractivity contribution < 1.29 is 19.1 Å². The maximum atomic E-state index is 12.7. The van der Waals surface area contributed by atoms with E-state index < -0.39 is 0 Å². The van der Waals surface area contributed by atoms with E-state index in [1.807, 2.05) is 29.6 Å². The van der Waals surface area contributed by atoms with E-state index in [-0.39, 0.29) is 18.6 Å². The van der Waals surface area contributed by atoms with Crippen LogP contribution in [0.5, 0.6) is 11.5 Å². The van der Waals surface area contributed by atoms with E-state index >= 15 is 0 Å². The smallest absolute Gasteiger partial charge is 0.267 e. The van der Waals surface area contributed by atoms with E-state index in [1.54, 1.807) is 23.1 Å². The molecule has 2 amide bonds. The molecule has 30 heavy (non-hydrogen) atoms. The van der Waals surface area contributed by atoms with Gasteiger partial charge in [0.2, 0.25) is 12.7 Å². The minimum atomic E-state index is -0.157. The largest absolute Gasteiger partial charge is 0.454 e. The zero-order chi connectivity index (χ0) is 20.5. The molecule has 3 aromatic rings. The second-order valence-electron chi connectivity index (χ2n) is 6.78. The van der Waals surface area contributed by atoms with Crippen LogP contribution in [0, 0.1) is 0 Å². The number of carbonyl (C=O) groups is 2. The summed E-state index contributed by atoms with van der Waals surface area (Å²) in [6, 6.07) is 9.19. The maximum absolute atomic E-state index is 12.7. The predicted octanol–water partition coefficient (Wildman–Crippen LogP) is 3.78. The number of carbonyl (C=O) groups excluding carboxylic acids is 2. The van der Waals surface area contributed by atoms with E-state index in [0.717, 1.165) is 16.1 Å². The van der Waals surface area contributed by atoms with Crippen LogP contribution < -0.4 is 14.8 Å². The van der Waals surface area contributed by atoms with E-state index in [4.69, 9.17) is 9.47 Å². The summed E-state index contributed by atoms with van der Waals surface area (Å²) in [4.78, 5) is 32.9. The molecular weight excluding hydrogens is 422 g/mol. The van der Waals surface area contributed by atoms with Crippen LogP contribution in [0.4, 0.5) is 5.13 Å². The number of hydrogen-bond acceptors (Lipinski definition) is 7. The molecule has 0 saturated heterocycles. The molecule has 0 fully saturated rings. The van der Waals surface area contributed by atoms with Gasteiger partial charge in [-0.05, 0) is 35.2 Å². The van der Waals surface area contributed by atoms with E-state index in [9.17, 15) is 9.59 Å². The summed E-state index contributed by atoms with van der Waals surface area (Å²) in [6.07, 6.45) is 4.02. The Morgan fingerprint density at radius 2 is 2.10 bits per heavy atom. The summed E-state index contributed by atoms with van der Waals surface area (Å²) in [5, 5.41) is 5.29. The highest BCUT2D eigenvalue weighted by atomic mass is 32.1. The van der Waals surface area contributed by atoms with Crippen LogP contribution in [0.3, 0.4) is 0 Å². The van der Waals surface area contributed by atoms with Crippen LogP contribution in [0.1, 0.15) is 25.8 Å². The summed E-state index contributed by atoms with van der Waals surface area (Å²) in [7, 11) is 0. The number of amides is 2. The van der Waals surface area contributed by atoms with Gasteiger partial charge in [0, 0.05) is 23.9 Å². The Kier molecular flexibility index (Phi) is 4.97. The zero-order valence-electron chi connectivity index (χ0n) is 15.8. The average molecular weight is 440 g/mol. The van der Waals surface area contributed by atoms with Gasteiger partial charge in [0.15, 0.2) is 16.6 Å². The molecule has 4 heterocycles. The number of fused-ring (bicyclic) bond motifs is 2. The van der Waals surface area contributed by atoms with Crippen molar-refractivity contribution in [3.8, 4) is 11.5 Å². The molecule has 1 N–H and O–H groups in total. The molecule has 0 radical (unpaired) electrons. The van der Waals surface area contributed by atoms with Gasteiger partial charge >= 0.3 is 0 Å². The van der Waals surface area contributed by atoms with Crippen LogP contribution in [0.2, 0.25) is 0 Å². The topological polar surface area (TPSA) is 80.8 Å². The number of rotatable bonds is 4. The number of hydrogen-bond donors (Lipinski definition) is 1. The lowest BCUT2D eigenvalue weighted by Crippen LogP contribution is -2.34. The van der Waals surface area contributed by atoms with Gasteiger partial charge in [-0.2, -0.15) is 0 Å². The molecule has 1 aromatic carbocycles. The molecule has 2 aromatic heterocycles. The Balaban J connectivity index is 1.23. The highest BCUT2D eigenvalue weighted by Gasteiger charge is 2.24. The summed E-state index contributed by atoms with van der Waals surface area (Å²) < 4.78 is 10.7. The first-order chi connectivity index (χ1) is 14.7. The summed E-state index contributed by atoms with van der Waals surface area (Å²) in [6.45, 7) is 1.31. The highest BCUT2D eigenvalue weighted by molar-refractivity contribution is 7.16. The van der Waals surface area contributed by atoms with E-state index in [0.29, 0.717) is 41.0 Å². The minimum absolute atomic E-state index is 0.0594. The van der Waals surface area contributed by atoms with Crippen molar-refractivity contribution in [2.24, 2.45) is 0 Å². The lowest BCUT2D eigenvalue weighted by atomic mass is 10.1.